The molecule has 3 unspecified atom stereocenters. The van der Waals surface area contributed by atoms with Crippen molar-refractivity contribution in [1.29, 1.82) is 0 Å². The topological polar surface area (TPSA) is 242 Å². The second-order valence-electron chi connectivity index (χ2n) is 11.6. The van der Waals surface area contributed by atoms with Crippen molar-refractivity contribution in [3.8, 4) is 0 Å². The number of ether oxygens (including phenoxy) is 2. The highest BCUT2D eigenvalue weighted by Gasteiger charge is 2.54. The molecule has 2 aromatic rings. The summed E-state index contributed by atoms with van der Waals surface area (Å²) < 4.78 is 37.1. The number of carbonyl (C=O) groups is 2. The summed E-state index contributed by atoms with van der Waals surface area (Å²) in [5.41, 5.74) is 3.80. The van der Waals surface area contributed by atoms with Crippen molar-refractivity contribution in [2.24, 2.45) is 5.41 Å². The molecule has 19 heteroatoms. The second kappa shape index (κ2) is 14.6. The number of nitrogens with two attached hydrogens (primary N) is 1. The van der Waals surface area contributed by atoms with Gasteiger partial charge in [-0.25, -0.2) is 14.6 Å². The summed E-state index contributed by atoms with van der Waals surface area (Å²) in [6, 6.07) is 0.261. The Labute approximate surface area is 264 Å². The first kappa shape index (κ1) is 35.4. The molecule has 2 aliphatic rings. The molecule has 7 N–H and O–H groups in total. The minimum absolute atomic E-state index is 0.0164. The maximum atomic E-state index is 13.6. The number of aliphatic hydroxyl groups is 3. The summed E-state index contributed by atoms with van der Waals surface area (Å²) in [6.07, 6.45) is -0.634. The van der Waals surface area contributed by atoms with E-state index >= 15 is 0 Å². The van der Waals surface area contributed by atoms with Crippen molar-refractivity contribution < 1.29 is 48.0 Å². The maximum absolute atomic E-state index is 13.6. The predicted octanol–water partition coefficient (Wildman–Crippen LogP) is 0.955. The zero-order valence-corrected chi connectivity index (χ0v) is 27.4. The minimum atomic E-state index is -4.13. The number of aromatic nitrogens is 4. The first-order valence-corrected chi connectivity index (χ1v) is 17.1. The Morgan fingerprint density at radius 2 is 2.04 bits per heavy atom. The van der Waals surface area contributed by atoms with Crippen LogP contribution in [0.15, 0.2) is 6.33 Å². The number of hydrogen-bond acceptors (Lipinski definition) is 16. The quantitative estimate of drug-likeness (QED) is 0.0777. The van der Waals surface area contributed by atoms with E-state index in [1.165, 1.54) is 17.8 Å². The number of nitrogens with zero attached hydrogens (tertiary/aromatic N) is 4. The Hall–Kier alpha value is -2.41. The van der Waals surface area contributed by atoms with Crippen LogP contribution in [0.1, 0.15) is 53.2 Å². The molecule has 1 saturated carbocycles. The molecule has 45 heavy (non-hydrogen) atoms. The third kappa shape index (κ3) is 8.69. The van der Waals surface area contributed by atoms with Crippen molar-refractivity contribution in [1.82, 2.24) is 24.6 Å². The van der Waals surface area contributed by atoms with Crippen LogP contribution in [0.5, 0.6) is 0 Å². The van der Waals surface area contributed by atoms with E-state index in [9.17, 15) is 29.5 Å². The number of fused-ring (bicyclic) bond motifs is 1. The van der Waals surface area contributed by atoms with Crippen LogP contribution < -0.4 is 16.1 Å². The molecule has 0 radical (unpaired) electrons. The van der Waals surface area contributed by atoms with Gasteiger partial charge in [0.25, 0.3) is 0 Å². The molecule has 1 saturated heterocycles. The molecule has 1 aliphatic carbocycles. The lowest BCUT2D eigenvalue weighted by molar-refractivity contribution is -0.142. The summed E-state index contributed by atoms with van der Waals surface area (Å²) in [7, 11) is -4.13. The summed E-state index contributed by atoms with van der Waals surface area (Å²) in [6.45, 7) is 5.29. The zero-order chi connectivity index (χ0) is 33.0. The summed E-state index contributed by atoms with van der Waals surface area (Å²) >= 11 is 0.903. The van der Waals surface area contributed by atoms with Gasteiger partial charge >= 0.3 is 13.7 Å². The molecule has 17 nitrogen and oxygen atoms in total. The first-order valence-electron chi connectivity index (χ1n) is 14.6. The number of esters is 1. The van der Waals surface area contributed by atoms with Crippen LogP contribution in [0.25, 0.3) is 11.2 Å². The average molecular weight is 676 g/mol. The van der Waals surface area contributed by atoms with Gasteiger partial charge in [-0.05, 0) is 40.5 Å². The van der Waals surface area contributed by atoms with Gasteiger partial charge < -0.3 is 35.8 Å². The number of hydrogen-bond donors (Lipinski definition) is 6. The average Bonchev–Trinajstić information content (AvgIpc) is 3.65. The molecule has 2 fully saturated rings. The van der Waals surface area contributed by atoms with E-state index < -0.39 is 49.8 Å². The lowest BCUT2D eigenvalue weighted by Crippen LogP contribution is -2.44. The number of nitrogens with one attached hydrogen (secondary N) is 2. The number of nitrogen functional groups attached to an aromatic ring is 1. The van der Waals surface area contributed by atoms with E-state index in [1.54, 1.807) is 20.8 Å². The predicted molar refractivity (Wildman–Crippen MR) is 164 cm³/mol. The largest absolute Gasteiger partial charge is 0.466 e. The Balaban J connectivity index is 1.44. The third-order valence-corrected chi connectivity index (χ3v) is 10.0. The number of anilines is 2. The van der Waals surface area contributed by atoms with Crippen molar-refractivity contribution in [3.05, 3.63) is 6.33 Å². The van der Waals surface area contributed by atoms with Crippen molar-refractivity contribution in [2.45, 2.75) is 77.0 Å². The Morgan fingerprint density at radius 1 is 1.31 bits per heavy atom. The highest BCUT2D eigenvalue weighted by Crippen LogP contribution is 2.46. The molecule has 0 bridgehead atoms. The SMILES string of the molecule is CCOC(=O)CCNP(=O)(OCCSC(=O)C(C)(C)CO)OC[C@H]1OC(n2cnc3c(NC4CC4)nc(N)nc32)C(C)(O)[C@H]1O. The molecule has 2 aromatic heterocycles. The third-order valence-electron chi connectivity index (χ3n) is 7.24. The molecule has 4 rings (SSSR count). The lowest BCUT2D eigenvalue weighted by Gasteiger charge is -2.27. The van der Waals surface area contributed by atoms with Crippen LogP contribution in [0.3, 0.4) is 0 Å². The van der Waals surface area contributed by atoms with E-state index in [4.69, 9.17) is 24.3 Å². The van der Waals surface area contributed by atoms with Crippen LogP contribution in [0.2, 0.25) is 0 Å². The van der Waals surface area contributed by atoms with Gasteiger partial charge in [-0.2, -0.15) is 9.97 Å². The van der Waals surface area contributed by atoms with Crippen molar-refractivity contribution in [2.75, 3.05) is 49.8 Å². The smallest absolute Gasteiger partial charge is 0.405 e. The standard InChI is InChI=1S/C26H42N7O10PS/c1-5-40-17(35)8-9-29-44(39,41-10-11-45-23(37)25(2,3)13-34)42-12-16-19(36)26(4,38)22(43-16)33-14-28-18-20(30-15-6-7-15)31-24(27)32-21(18)33/h14-16,19,22,34,36,38H,5-13H2,1-4H3,(H,29,39)(H3,27,30,31,32)/t16-,19+,22?,26?,44?/m1/s1. The van der Waals surface area contributed by atoms with Crippen LogP contribution in [-0.2, 0) is 32.7 Å². The van der Waals surface area contributed by atoms with Gasteiger partial charge in [0.05, 0.1) is 44.6 Å². The van der Waals surface area contributed by atoms with Gasteiger partial charge in [0.1, 0.15) is 17.8 Å². The van der Waals surface area contributed by atoms with E-state index in [0.29, 0.717) is 11.3 Å². The highest BCUT2D eigenvalue weighted by molar-refractivity contribution is 8.13. The molecular weight excluding hydrogens is 633 g/mol. The summed E-state index contributed by atoms with van der Waals surface area (Å²) in [5, 5.41) is 37.3. The van der Waals surface area contributed by atoms with Crippen LogP contribution >= 0.6 is 19.5 Å². The van der Waals surface area contributed by atoms with E-state index in [1.807, 2.05) is 0 Å². The second-order valence-corrected chi connectivity index (χ2v) is 14.5. The van der Waals surface area contributed by atoms with Crippen LogP contribution in [0, 0.1) is 5.41 Å². The monoisotopic (exact) mass is 675 g/mol. The summed E-state index contributed by atoms with van der Waals surface area (Å²) in [4.78, 5) is 37.0. The molecule has 1 aliphatic heterocycles. The first-order chi connectivity index (χ1) is 21.2. The van der Waals surface area contributed by atoms with Gasteiger partial charge in [0.15, 0.2) is 28.3 Å². The van der Waals surface area contributed by atoms with Crippen molar-refractivity contribution in [3.63, 3.8) is 0 Å². The fourth-order valence-electron chi connectivity index (χ4n) is 4.38. The fraction of sp³-hybridized carbons (Fsp3) is 0.731. The van der Waals surface area contributed by atoms with Gasteiger partial charge in [-0.3, -0.25) is 23.2 Å². The molecule has 0 amide bonds. The molecule has 252 valence electrons. The number of carbonyl (C=O) groups excluding carboxylic acids is 2. The Morgan fingerprint density at radius 3 is 2.71 bits per heavy atom. The maximum Gasteiger partial charge on any atom is 0.405 e. The number of rotatable bonds is 17. The highest BCUT2D eigenvalue weighted by atomic mass is 32.2. The van der Waals surface area contributed by atoms with Gasteiger partial charge in [-0.15, -0.1) is 0 Å². The van der Waals surface area contributed by atoms with E-state index in [-0.39, 0.29) is 61.3 Å². The van der Waals surface area contributed by atoms with Crippen LogP contribution in [0.4, 0.5) is 11.8 Å². The number of imidazole rings is 1. The Bertz CT molecular complexity index is 1410. The lowest BCUT2D eigenvalue weighted by atomic mass is 9.96. The molecule has 3 heterocycles. The van der Waals surface area contributed by atoms with Crippen molar-refractivity contribution >= 4 is 53.5 Å². The van der Waals surface area contributed by atoms with E-state index in [0.717, 1.165) is 24.6 Å². The zero-order valence-electron chi connectivity index (χ0n) is 25.7. The van der Waals surface area contributed by atoms with Crippen LogP contribution in [-0.4, -0.2) is 108 Å². The fourth-order valence-corrected chi connectivity index (χ4v) is 6.63. The summed E-state index contributed by atoms with van der Waals surface area (Å²) in [5.74, 6) is 0.0100. The minimum Gasteiger partial charge on any atom is -0.466 e. The molecular formula is C26H42N7O10PS. The van der Waals surface area contributed by atoms with Gasteiger partial charge in [-0.1, -0.05) is 11.8 Å². The normalized spacial score (nSPS) is 24.9. The molecule has 0 aromatic carbocycles. The van der Waals surface area contributed by atoms with Gasteiger partial charge in [0, 0.05) is 18.3 Å². The van der Waals surface area contributed by atoms with Gasteiger partial charge in [0.2, 0.25) is 5.95 Å². The van der Waals surface area contributed by atoms with E-state index in [2.05, 4.69) is 25.4 Å². The number of aliphatic hydroxyl groups excluding tert-OH is 2. The molecule has 5 atom stereocenters. The molecule has 0 spiro atoms. The Kier molecular flexibility index (Phi) is 11.5. The number of thioether (sulfide) groups is 1.